The second kappa shape index (κ2) is 11.0. The molecule has 1 atom stereocenters. The van der Waals surface area contributed by atoms with E-state index in [-0.39, 0.29) is 36.3 Å². The lowest BCUT2D eigenvalue weighted by Gasteiger charge is -2.25. The molecule has 0 spiro atoms. The molecule has 0 fully saturated rings. The number of rotatable bonds is 8. The fraction of sp³-hybridized carbons (Fsp3) is 0.280. The number of likely N-dealkylation sites (N-methyl/N-ethyl adjacent to an activating group) is 1. The summed E-state index contributed by atoms with van der Waals surface area (Å²) in [4.78, 5) is 14.1. The summed E-state index contributed by atoms with van der Waals surface area (Å²) in [6, 6.07) is 12.9. The minimum absolute atomic E-state index is 0.0642. The van der Waals surface area contributed by atoms with Gasteiger partial charge in [-0.15, -0.1) is 0 Å². The molecule has 3 rings (SSSR count). The first-order chi connectivity index (χ1) is 16.8. The lowest BCUT2D eigenvalue weighted by atomic mass is 9.99. The van der Waals surface area contributed by atoms with E-state index < -0.39 is 36.0 Å². The molecule has 0 saturated carbocycles. The van der Waals surface area contributed by atoms with Crippen molar-refractivity contribution in [3.05, 3.63) is 106 Å². The zero-order valence-corrected chi connectivity index (χ0v) is 19.0. The largest absolute Gasteiger partial charge is 0.619 e. The van der Waals surface area contributed by atoms with Gasteiger partial charge in [0.2, 0.25) is 0 Å². The van der Waals surface area contributed by atoms with Crippen molar-refractivity contribution in [3.63, 3.8) is 0 Å². The molecule has 5 nitrogen and oxygen atoms in total. The van der Waals surface area contributed by atoms with Crippen LogP contribution >= 0.6 is 0 Å². The average molecular weight is 512 g/mol. The molecule has 0 aliphatic heterocycles. The maximum Gasteiger partial charge on any atom is 0.416 e. The maximum absolute atomic E-state index is 13.1. The van der Waals surface area contributed by atoms with Gasteiger partial charge in [0.05, 0.1) is 29.9 Å². The summed E-state index contributed by atoms with van der Waals surface area (Å²) >= 11 is 0. The molecule has 36 heavy (non-hydrogen) atoms. The van der Waals surface area contributed by atoms with Crippen molar-refractivity contribution < 1.29 is 40.6 Å². The number of ether oxygens (including phenoxy) is 1. The van der Waals surface area contributed by atoms with E-state index in [2.05, 4.69) is 0 Å². The van der Waals surface area contributed by atoms with Crippen LogP contribution in [0.15, 0.2) is 73.1 Å². The fourth-order valence-corrected chi connectivity index (χ4v) is 3.59. The first-order valence-electron chi connectivity index (χ1n) is 10.7. The zero-order valence-electron chi connectivity index (χ0n) is 19.0. The van der Waals surface area contributed by atoms with Gasteiger partial charge in [0, 0.05) is 31.6 Å². The summed E-state index contributed by atoms with van der Waals surface area (Å²) in [7, 11) is 1.54. The van der Waals surface area contributed by atoms with E-state index >= 15 is 0 Å². The second-order valence-electron chi connectivity index (χ2n) is 8.17. The van der Waals surface area contributed by atoms with E-state index in [1.54, 1.807) is 37.4 Å². The number of pyridine rings is 1. The number of amides is 1. The first-order valence-corrected chi connectivity index (χ1v) is 10.7. The van der Waals surface area contributed by atoms with Crippen LogP contribution in [0.5, 0.6) is 0 Å². The van der Waals surface area contributed by atoms with Crippen molar-refractivity contribution in [2.75, 3.05) is 20.2 Å². The summed E-state index contributed by atoms with van der Waals surface area (Å²) in [6.07, 6.45) is -7.53. The Kier molecular flexibility index (Phi) is 8.24. The van der Waals surface area contributed by atoms with Crippen LogP contribution in [0, 0.1) is 5.21 Å². The Labute approximate surface area is 203 Å². The van der Waals surface area contributed by atoms with Gasteiger partial charge >= 0.3 is 12.4 Å². The first kappa shape index (κ1) is 27.0. The number of benzene rings is 2. The molecule has 1 unspecified atom stereocenters. The highest BCUT2D eigenvalue weighted by Gasteiger charge is 2.36. The molecule has 1 heterocycles. The van der Waals surface area contributed by atoms with E-state index in [4.69, 9.17) is 4.74 Å². The molecule has 192 valence electrons. The molecule has 2 aromatic carbocycles. The van der Waals surface area contributed by atoms with Crippen molar-refractivity contribution in [1.82, 2.24) is 4.90 Å². The molecule has 0 bridgehead atoms. The number of carbonyl (C=O) groups excluding carboxylic acids is 1. The van der Waals surface area contributed by atoms with Crippen molar-refractivity contribution in [2.45, 2.75) is 24.9 Å². The Balaban J connectivity index is 1.76. The normalized spacial score (nSPS) is 12.9. The van der Waals surface area contributed by atoms with E-state index in [1.165, 1.54) is 29.4 Å². The van der Waals surface area contributed by atoms with Gasteiger partial charge in [0.1, 0.15) is 0 Å². The van der Waals surface area contributed by atoms with Crippen LogP contribution in [0.4, 0.5) is 26.3 Å². The van der Waals surface area contributed by atoms with E-state index in [1.807, 2.05) is 0 Å². The Bertz CT molecular complexity index is 1130. The Hall–Kier alpha value is -3.60. The monoisotopic (exact) mass is 512 g/mol. The molecule has 0 saturated heterocycles. The molecule has 1 amide bonds. The molecule has 0 N–H and O–H groups in total. The SMILES string of the molecule is CN(CC(COCc1cc(C(F)(F)F)cc(C(F)(F)F)c1)c1ccccc1)C(=O)c1cc[n+]([O-])cc1. The minimum Gasteiger partial charge on any atom is -0.619 e. The third-order valence-corrected chi connectivity index (χ3v) is 5.40. The maximum atomic E-state index is 13.1. The van der Waals surface area contributed by atoms with Crippen molar-refractivity contribution in [3.8, 4) is 0 Å². The smallest absolute Gasteiger partial charge is 0.416 e. The highest BCUT2D eigenvalue weighted by Crippen LogP contribution is 2.36. The summed E-state index contributed by atoms with van der Waals surface area (Å²) in [6.45, 7) is -0.420. The molecule has 0 radical (unpaired) electrons. The van der Waals surface area contributed by atoms with Crippen LogP contribution < -0.4 is 4.73 Å². The fourth-order valence-electron chi connectivity index (χ4n) is 3.59. The van der Waals surface area contributed by atoms with Crippen LogP contribution in [-0.4, -0.2) is 31.0 Å². The van der Waals surface area contributed by atoms with E-state index in [0.717, 1.165) is 5.56 Å². The van der Waals surface area contributed by atoms with Crippen molar-refractivity contribution in [1.29, 1.82) is 0 Å². The predicted octanol–water partition coefficient (Wildman–Crippen LogP) is 5.43. The van der Waals surface area contributed by atoms with Crippen LogP contribution in [0.3, 0.4) is 0 Å². The predicted molar refractivity (Wildman–Crippen MR) is 118 cm³/mol. The number of alkyl halides is 6. The molecule has 0 aliphatic carbocycles. The highest BCUT2D eigenvalue weighted by molar-refractivity contribution is 5.93. The highest BCUT2D eigenvalue weighted by atomic mass is 19.4. The Morgan fingerprint density at radius 3 is 2.03 bits per heavy atom. The topological polar surface area (TPSA) is 56.5 Å². The molecular formula is C25H22F6N2O3. The third kappa shape index (κ3) is 7.20. The Morgan fingerprint density at radius 2 is 1.50 bits per heavy atom. The van der Waals surface area contributed by atoms with Crippen molar-refractivity contribution in [2.24, 2.45) is 0 Å². The molecular weight excluding hydrogens is 490 g/mol. The lowest BCUT2D eigenvalue weighted by Crippen LogP contribution is -2.33. The number of nitrogens with zero attached hydrogens (tertiary/aromatic N) is 2. The van der Waals surface area contributed by atoms with Gasteiger partial charge in [-0.05, 0) is 29.3 Å². The number of carbonyl (C=O) groups is 1. The molecule has 1 aromatic heterocycles. The van der Waals surface area contributed by atoms with Gasteiger partial charge < -0.3 is 14.8 Å². The number of aromatic nitrogens is 1. The molecule has 0 aliphatic rings. The van der Waals surface area contributed by atoms with Crippen LogP contribution in [0.25, 0.3) is 0 Å². The average Bonchev–Trinajstić information content (AvgIpc) is 2.82. The van der Waals surface area contributed by atoms with Gasteiger partial charge in [-0.25, -0.2) is 0 Å². The molecule has 3 aromatic rings. The zero-order chi connectivity index (χ0) is 26.5. The van der Waals surface area contributed by atoms with Gasteiger partial charge in [0.25, 0.3) is 5.91 Å². The van der Waals surface area contributed by atoms with E-state index in [9.17, 15) is 36.3 Å². The minimum atomic E-state index is -4.95. The van der Waals surface area contributed by atoms with Crippen LogP contribution in [-0.2, 0) is 23.7 Å². The standard InChI is InChI=1S/C25H22F6N2O3/c1-32(23(34)19-7-9-33(35)10-8-19)14-20(18-5-3-2-4-6-18)16-36-15-17-11-21(24(26,27)28)13-22(12-17)25(29,30)31/h2-13,20H,14-16H2,1H3. The van der Waals surface area contributed by atoms with Gasteiger partial charge in [-0.1, -0.05) is 30.3 Å². The quantitative estimate of drug-likeness (QED) is 0.230. The summed E-state index contributed by atoms with van der Waals surface area (Å²) < 4.78 is 84.8. The number of hydrogen-bond donors (Lipinski definition) is 0. The van der Waals surface area contributed by atoms with Gasteiger partial charge in [-0.2, -0.15) is 31.1 Å². The number of hydrogen-bond acceptors (Lipinski definition) is 3. The summed E-state index contributed by atoms with van der Waals surface area (Å²) in [5, 5.41) is 11.2. The van der Waals surface area contributed by atoms with Gasteiger partial charge in [-0.3, -0.25) is 4.79 Å². The van der Waals surface area contributed by atoms with Crippen LogP contribution in [0.2, 0.25) is 0 Å². The third-order valence-electron chi connectivity index (χ3n) is 5.40. The summed E-state index contributed by atoms with van der Waals surface area (Å²) in [5.74, 6) is -0.801. The van der Waals surface area contributed by atoms with Crippen molar-refractivity contribution >= 4 is 5.91 Å². The Morgan fingerprint density at radius 1 is 0.944 bits per heavy atom. The molecule has 11 heteroatoms. The van der Waals surface area contributed by atoms with E-state index in [0.29, 0.717) is 16.9 Å². The summed E-state index contributed by atoms with van der Waals surface area (Å²) in [5.41, 5.74) is -2.06. The number of halogens is 6. The van der Waals surface area contributed by atoms with Crippen LogP contribution in [0.1, 0.15) is 38.5 Å². The van der Waals surface area contributed by atoms with Gasteiger partial charge in [0.15, 0.2) is 12.4 Å². The lowest BCUT2D eigenvalue weighted by molar-refractivity contribution is -0.605. The second-order valence-corrected chi connectivity index (χ2v) is 8.17.